The van der Waals surface area contributed by atoms with Crippen molar-refractivity contribution in [1.29, 1.82) is 0 Å². The van der Waals surface area contributed by atoms with Crippen LogP contribution >= 0.6 is 0 Å². The molecule has 0 aromatic rings. The maximum atomic E-state index is 10.6. The summed E-state index contributed by atoms with van der Waals surface area (Å²) in [5.74, 6) is 0.564. The fourth-order valence-corrected chi connectivity index (χ4v) is 2.64. The predicted octanol–water partition coefficient (Wildman–Crippen LogP) is 0.409. The van der Waals surface area contributed by atoms with Gasteiger partial charge in [0.2, 0.25) is 0 Å². The van der Waals surface area contributed by atoms with Gasteiger partial charge in [0.05, 0.1) is 6.10 Å². The van der Waals surface area contributed by atoms with Crippen molar-refractivity contribution in [1.82, 2.24) is 10.6 Å². The third-order valence-electron chi connectivity index (χ3n) is 3.55. The van der Waals surface area contributed by atoms with E-state index in [4.69, 9.17) is 9.84 Å². The molecule has 2 atom stereocenters. The Morgan fingerprint density at radius 3 is 2.87 bits per heavy atom. The second kappa shape index (κ2) is 4.37. The lowest BCUT2D eigenvalue weighted by Crippen LogP contribution is -2.52. The SMILES string of the molecule is COC1CC(C2NCC[C@@H]2NC(=O)O)C1. The molecule has 1 amide bonds. The van der Waals surface area contributed by atoms with Crippen molar-refractivity contribution < 1.29 is 14.6 Å². The van der Waals surface area contributed by atoms with Gasteiger partial charge in [-0.3, -0.25) is 0 Å². The number of amides is 1. The van der Waals surface area contributed by atoms with E-state index in [1.54, 1.807) is 7.11 Å². The zero-order valence-corrected chi connectivity index (χ0v) is 8.90. The summed E-state index contributed by atoms with van der Waals surface area (Å²) in [7, 11) is 1.73. The Kier molecular flexibility index (Phi) is 3.11. The minimum absolute atomic E-state index is 0.0744. The van der Waals surface area contributed by atoms with E-state index >= 15 is 0 Å². The van der Waals surface area contributed by atoms with E-state index in [0.29, 0.717) is 18.1 Å². The molecule has 1 saturated heterocycles. The first-order valence-corrected chi connectivity index (χ1v) is 5.46. The molecule has 0 radical (unpaired) electrons. The van der Waals surface area contributed by atoms with Gasteiger partial charge in [-0.25, -0.2) is 4.79 Å². The van der Waals surface area contributed by atoms with E-state index in [1.807, 2.05) is 0 Å². The highest BCUT2D eigenvalue weighted by molar-refractivity contribution is 5.65. The number of carboxylic acid groups (broad SMARTS) is 1. The Morgan fingerprint density at radius 1 is 1.53 bits per heavy atom. The highest BCUT2D eigenvalue weighted by Crippen LogP contribution is 2.35. The van der Waals surface area contributed by atoms with Gasteiger partial charge < -0.3 is 20.5 Å². The highest BCUT2D eigenvalue weighted by Gasteiger charge is 2.41. The number of methoxy groups -OCH3 is 1. The maximum absolute atomic E-state index is 10.6. The van der Waals surface area contributed by atoms with Crippen molar-refractivity contribution >= 4 is 6.09 Å². The Bertz CT molecular complexity index is 241. The summed E-state index contributed by atoms with van der Waals surface area (Å²) in [6.45, 7) is 0.907. The minimum atomic E-state index is -0.920. The zero-order valence-electron chi connectivity index (χ0n) is 8.90. The van der Waals surface area contributed by atoms with E-state index in [1.165, 1.54) is 0 Å². The van der Waals surface area contributed by atoms with Crippen LogP contribution in [0.15, 0.2) is 0 Å². The molecule has 0 bridgehead atoms. The number of nitrogens with one attached hydrogen (secondary N) is 2. The summed E-state index contributed by atoms with van der Waals surface area (Å²) in [4.78, 5) is 10.6. The van der Waals surface area contributed by atoms with Crippen LogP contribution < -0.4 is 10.6 Å². The topological polar surface area (TPSA) is 70.6 Å². The molecule has 15 heavy (non-hydrogen) atoms. The number of carbonyl (C=O) groups is 1. The average Bonchev–Trinajstić information content (AvgIpc) is 2.50. The predicted molar refractivity (Wildman–Crippen MR) is 54.9 cm³/mol. The molecule has 86 valence electrons. The van der Waals surface area contributed by atoms with Gasteiger partial charge in [0.15, 0.2) is 0 Å². The van der Waals surface area contributed by atoms with E-state index in [-0.39, 0.29) is 6.04 Å². The van der Waals surface area contributed by atoms with E-state index in [0.717, 1.165) is 25.8 Å². The van der Waals surface area contributed by atoms with Crippen molar-refractivity contribution in [3.05, 3.63) is 0 Å². The van der Waals surface area contributed by atoms with Crippen LogP contribution in [-0.2, 0) is 4.74 Å². The molecule has 5 nitrogen and oxygen atoms in total. The van der Waals surface area contributed by atoms with Gasteiger partial charge in [0.25, 0.3) is 0 Å². The molecule has 5 heteroatoms. The number of ether oxygens (including phenoxy) is 1. The van der Waals surface area contributed by atoms with E-state index < -0.39 is 6.09 Å². The second-order valence-corrected chi connectivity index (χ2v) is 4.41. The van der Waals surface area contributed by atoms with Gasteiger partial charge in [0, 0.05) is 19.2 Å². The molecule has 2 aliphatic rings. The van der Waals surface area contributed by atoms with Crippen LogP contribution in [0.25, 0.3) is 0 Å². The van der Waals surface area contributed by atoms with Crippen LogP contribution in [0.2, 0.25) is 0 Å². The van der Waals surface area contributed by atoms with Crippen molar-refractivity contribution in [2.75, 3.05) is 13.7 Å². The first-order valence-electron chi connectivity index (χ1n) is 5.46. The van der Waals surface area contributed by atoms with Gasteiger partial charge in [-0.1, -0.05) is 0 Å². The van der Waals surface area contributed by atoms with Crippen LogP contribution in [0.3, 0.4) is 0 Å². The largest absolute Gasteiger partial charge is 0.465 e. The zero-order chi connectivity index (χ0) is 10.8. The smallest absolute Gasteiger partial charge is 0.404 e. The molecule has 0 aromatic heterocycles. The van der Waals surface area contributed by atoms with Gasteiger partial charge in [-0.2, -0.15) is 0 Å². The molecule has 1 unspecified atom stereocenters. The standard InChI is InChI=1S/C10H18N2O3/c1-15-7-4-6(5-7)9-8(2-3-11-9)12-10(13)14/h6-9,11-12H,2-5H2,1H3,(H,13,14)/t6?,7?,8-,9?/m0/s1. The first kappa shape index (κ1) is 10.7. The van der Waals surface area contributed by atoms with Gasteiger partial charge in [-0.15, -0.1) is 0 Å². The monoisotopic (exact) mass is 214 g/mol. The molecule has 1 aliphatic carbocycles. The van der Waals surface area contributed by atoms with Crippen LogP contribution in [0.4, 0.5) is 4.79 Å². The maximum Gasteiger partial charge on any atom is 0.404 e. The summed E-state index contributed by atoms with van der Waals surface area (Å²) < 4.78 is 5.23. The Morgan fingerprint density at radius 2 is 2.27 bits per heavy atom. The lowest BCUT2D eigenvalue weighted by atomic mass is 9.75. The second-order valence-electron chi connectivity index (χ2n) is 4.41. The molecular weight excluding hydrogens is 196 g/mol. The highest BCUT2D eigenvalue weighted by atomic mass is 16.5. The van der Waals surface area contributed by atoms with Crippen molar-refractivity contribution in [3.8, 4) is 0 Å². The number of rotatable bonds is 3. The molecule has 1 aliphatic heterocycles. The Labute approximate surface area is 89.2 Å². The minimum Gasteiger partial charge on any atom is -0.465 e. The lowest BCUT2D eigenvalue weighted by Gasteiger charge is -2.40. The normalized spacial score (nSPS) is 39.8. The fourth-order valence-electron chi connectivity index (χ4n) is 2.64. The lowest BCUT2D eigenvalue weighted by molar-refractivity contribution is -0.0126. The quantitative estimate of drug-likeness (QED) is 0.636. The van der Waals surface area contributed by atoms with Gasteiger partial charge >= 0.3 is 6.09 Å². The van der Waals surface area contributed by atoms with Crippen molar-refractivity contribution in [3.63, 3.8) is 0 Å². The summed E-state index contributed by atoms with van der Waals surface area (Å²) >= 11 is 0. The third-order valence-corrected chi connectivity index (χ3v) is 3.55. The van der Waals surface area contributed by atoms with Crippen molar-refractivity contribution in [2.45, 2.75) is 37.5 Å². The molecule has 1 saturated carbocycles. The molecule has 2 rings (SSSR count). The summed E-state index contributed by atoms with van der Waals surface area (Å²) in [6.07, 6.45) is 2.45. The van der Waals surface area contributed by atoms with Crippen LogP contribution in [-0.4, -0.2) is 43.0 Å². The summed E-state index contributed by atoms with van der Waals surface area (Å²) in [5.41, 5.74) is 0. The molecular formula is C10H18N2O3. The van der Waals surface area contributed by atoms with Crippen LogP contribution in [0.5, 0.6) is 0 Å². The van der Waals surface area contributed by atoms with Crippen LogP contribution in [0.1, 0.15) is 19.3 Å². The molecule has 2 fully saturated rings. The van der Waals surface area contributed by atoms with E-state index in [2.05, 4.69) is 10.6 Å². The number of hydrogen-bond donors (Lipinski definition) is 3. The Hall–Kier alpha value is -0.810. The molecule has 0 spiro atoms. The molecule has 1 heterocycles. The average molecular weight is 214 g/mol. The molecule has 0 aromatic carbocycles. The Balaban J connectivity index is 1.83. The molecule has 3 N–H and O–H groups in total. The van der Waals surface area contributed by atoms with E-state index in [9.17, 15) is 4.79 Å². The third kappa shape index (κ3) is 2.23. The number of hydrogen-bond acceptors (Lipinski definition) is 3. The van der Waals surface area contributed by atoms with Gasteiger partial charge in [0.1, 0.15) is 0 Å². The first-order chi connectivity index (χ1) is 7.20. The van der Waals surface area contributed by atoms with Gasteiger partial charge in [-0.05, 0) is 31.7 Å². The van der Waals surface area contributed by atoms with Crippen LogP contribution in [0, 0.1) is 5.92 Å². The van der Waals surface area contributed by atoms with Crippen molar-refractivity contribution in [2.24, 2.45) is 5.92 Å². The summed E-state index contributed by atoms with van der Waals surface area (Å²) in [6, 6.07) is 0.373. The summed E-state index contributed by atoms with van der Waals surface area (Å²) in [5, 5.41) is 14.7. The fraction of sp³-hybridized carbons (Fsp3) is 0.900.